The number of aromatic nitrogens is 1. The van der Waals surface area contributed by atoms with E-state index < -0.39 is 10.0 Å². The summed E-state index contributed by atoms with van der Waals surface area (Å²) < 4.78 is 25.6. The molecule has 0 saturated carbocycles. The summed E-state index contributed by atoms with van der Waals surface area (Å²) in [5.74, 6) is 1.41. The van der Waals surface area contributed by atoms with Gasteiger partial charge in [0.05, 0.1) is 11.8 Å². The maximum Gasteiger partial charge on any atom is 0.210 e. The molecule has 24 heavy (non-hydrogen) atoms. The molecule has 5 nitrogen and oxygen atoms in total. The van der Waals surface area contributed by atoms with Crippen LogP contribution in [0.1, 0.15) is 12.8 Å². The van der Waals surface area contributed by atoms with Gasteiger partial charge in [-0.1, -0.05) is 22.0 Å². The van der Waals surface area contributed by atoms with Gasteiger partial charge in [-0.2, -0.15) is 0 Å². The Morgan fingerprint density at radius 3 is 2.58 bits per heavy atom. The smallest absolute Gasteiger partial charge is 0.210 e. The minimum atomic E-state index is -3.09. The van der Waals surface area contributed by atoms with Gasteiger partial charge in [-0.15, -0.1) is 0 Å². The maximum absolute atomic E-state index is 11.5. The van der Waals surface area contributed by atoms with Crippen molar-refractivity contribution >= 4 is 42.7 Å². The summed E-state index contributed by atoms with van der Waals surface area (Å²) in [5.41, 5.74) is 0.987. The molecule has 0 bridgehead atoms. The van der Waals surface area contributed by atoms with Crippen LogP contribution in [0.2, 0.25) is 0 Å². The van der Waals surface area contributed by atoms with E-state index in [0.29, 0.717) is 12.5 Å². The Kier molecular flexibility index (Phi) is 5.13. The molecule has 0 atom stereocenters. The summed E-state index contributed by atoms with van der Waals surface area (Å²) in [7, 11) is -1.44. The molecular formula is C17H22BrN3O2S. The molecule has 1 saturated heterocycles. The summed E-state index contributed by atoms with van der Waals surface area (Å²) in [4.78, 5) is 7.06. The highest BCUT2D eigenvalue weighted by Crippen LogP contribution is 2.26. The van der Waals surface area contributed by atoms with Crippen molar-refractivity contribution in [3.8, 4) is 0 Å². The normalized spacial score (nSPS) is 16.9. The van der Waals surface area contributed by atoms with Crippen LogP contribution in [0.3, 0.4) is 0 Å². The summed E-state index contributed by atoms with van der Waals surface area (Å²) in [5, 5.41) is 1.13. The van der Waals surface area contributed by atoms with Gasteiger partial charge in [0.15, 0.2) is 0 Å². The number of piperidine rings is 1. The number of benzene rings is 1. The van der Waals surface area contributed by atoms with E-state index in [-0.39, 0.29) is 0 Å². The first-order valence-corrected chi connectivity index (χ1v) is 10.7. The van der Waals surface area contributed by atoms with Crippen LogP contribution in [-0.2, 0) is 10.0 Å². The number of hydrogen-bond donors (Lipinski definition) is 0. The zero-order valence-corrected chi connectivity index (χ0v) is 16.3. The lowest BCUT2D eigenvalue weighted by Gasteiger charge is -2.34. The fourth-order valence-electron chi connectivity index (χ4n) is 3.10. The number of rotatable bonds is 4. The van der Waals surface area contributed by atoms with Gasteiger partial charge in [-0.3, -0.25) is 0 Å². The average molecular weight is 412 g/mol. The summed E-state index contributed by atoms with van der Waals surface area (Å²) in [6, 6.07) is 10.3. The molecular weight excluding hydrogens is 390 g/mol. The Morgan fingerprint density at radius 2 is 1.92 bits per heavy atom. The van der Waals surface area contributed by atoms with Crippen LogP contribution in [0.5, 0.6) is 0 Å². The van der Waals surface area contributed by atoms with Crippen LogP contribution < -0.4 is 4.90 Å². The minimum absolute atomic E-state index is 0.413. The molecule has 1 aromatic heterocycles. The average Bonchev–Trinajstić information content (AvgIpc) is 2.54. The Morgan fingerprint density at radius 1 is 1.25 bits per heavy atom. The fraction of sp³-hybridized carbons (Fsp3) is 0.471. The maximum atomic E-state index is 11.5. The molecule has 0 amide bonds. The van der Waals surface area contributed by atoms with Gasteiger partial charge < -0.3 is 4.90 Å². The molecule has 130 valence electrons. The van der Waals surface area contributed by atoms with E-state index in [1.807, 2.05) is 12.1 Å². The SMILES string of the molecule is CN(CC1CCN(c2ccc3ccc(Br)cc3n2)CC1)S(C)(=O)=O. The number of anilines is 1. The predicted molar refractivity (Wildman–Crippen MR) is 102 cm³/mol. The summed E-state index contributed by atoms with van der Waals surface area (Å²) in [6.45, 7) is 2.42. The molecule has 2 aromatic rings. The van der Waals surface area contributed by atoms with E-state index in [4.69, 9.17) is 4.98 Å². The Balaban J connectivity index is 1.66. The molecule has 1 aliphatic heterocycles. The van der Waals surface area contributed by atoms with Crippen molar-refractivity contribution < 1.29 is 8.42 Å². The first kappa shape index (κ1) is 17.6. The molecule has 0 N–H and O–H groups in total. The highest BCUT2D eigenvalue weighted by molar-refractivity contribution is 9.10. The summed E-state index contributed by atoms with van der Waals surface area (Å²) >= 11 is 3.49. The second kappa shape index (κ2) is 6.98. The van der Waals surface area contributed by atoms with Gasteiger partial charge in [0.25, 0.3) is 0 Å². The van der Waals surface area contributed by atoms with Gasteiger partial charge >= 0.3 is 0 Å². The van der Waals surface area contributed by atoms with E-state index in [2.05, 4.69) is 39.0 Å². The lowest BCUT2D eigenvalue weighted by atomic mass is 9.97. The van der Waals surface area contributed by atoms with E-state index in [1.54, 1.807) is 7.05 Å². The number of sulfonamides is 1. The van der Waals surface area contributed by atoms with Crippen LogP contribution >= 0.6 is 15.9 Å². The number of halogens is 1. The third-order valence-electron chi connectivity index (χ3n) is 4.66. The molecule has 0 radical (unpaired) electrons. The third kappa shape index (κ3) is 4.07. The van der Waals surface area contributed by atoms with E-state index in [9.17, 15) is 8.42 Å². The first-order valence-electron chi connectivity index (χ1n) is 8.05. The Bertz CT molecular complexity index is 833. The van der Waals surface area contributed by atoms with Gasteiger partial charge in [0.1, 0.15) is 5.82 Å². The van der Waals surface area contributed by atoms with Gasteiger partial charge in [0.2, 0.25) is 10.0 Å². The zero-order valence-electron chi connectivity index (χ0n) is 13.9. The van der Waals surface area contributed by atoms with Crippen molar-refractivity contribution in [1.82, 2.24) is 9.29 Å². The van der Waals surface area contributed by atoms with Gasteiger partial charge in [0, 0.05) is 36.5 Å². The van der Waals surface area contributed by atoms with Crippen molar-refractivity contribution in [3.05, 3.63) is 34.8 Å². The van der Waals surface area contributed by atoms with Crippen LogP contribution in [0.25, 0.3) is 10.9 Å². The molecule has 7 heteroatoms. The number of hydrogen-bond acceptors (Lipinski definition) is 4. The zero-order chi connectivity index (χ0) is 17.3. The lowest BCUT2D eigenvalue weighted by Crippen LogP contribution is -2.39. The van der Waals surface area contributed by atoms with Crippen molar-refractivity contribution in [3.63, 3.8) is 0 Å². The van der Waals surface area contributed by atoms with Crippen LogP contribution in [0.15, 0.2) is 34.8 Å². The molecule has 3 rings (SSSR count). The molecule has 0 unspecified atom stereocenters. The van der Waals surface area contributed by atoms with Crippen molar-refractivity contribution in [2.24, 2.45) is 5.92 Å². The van der Waals surface area contributed by atoms with Crippen LogP contribution in [0, 0.1) is 5.92 Å². The second-order valence-electron chi connectivity index (χ2n) is 6.48. The monoisotopic (exact) mass is 411 g/mol. The van der Waals surface area contributed by atoms with Gasteiger partial charge in [-0.05, 0) is 43.0 Å². The van der Waals surface area contributed by atoms with Crippen molar-refractivity contribution in [2.45, 2.75) is 12.8 Å². The fourth-order valence-corrected chi connectivity index (χ4v) is 3.93. The van der Waals surface area contributed by atoms with Crippen molar-refractivity contribution in [1.29, 1.82) is 0 Å². The molecule has 1 aliphatic rings. The molecule has 1 fully saturated rings. The topological polar surface area (TPSA) is 53.5 Å². The number of fused-ring (bicyclic) bond motifs is 1. The first-order chi connectivity index (χ1) is 11.3. The largest absolute Gasteiger partial charge is 0.357 e. The predicted octanol–water partition coefficient (Wildman–Crippen LogP) is 3.11. The van der Waals surface area contributed by atoms with E-state index in [1.165, 1.54) is 10.6 Å². The molecule has 1 aromatic carbocycles. The minimum Gasteiger partial charge on any atom is -0.357 e. The van der Waals surface area contributed by atoms with E-state index >= 15 is 0 Å². The Hall–Kier alpha value is -1.18. The number of pyridine rings is 1. The Labute approximate surface area is 151 Å². The molecule has 0 spiro atoms. The summed E-state index contributed by atoms with van der Waals surface area (Å²) in [6.07, 6.45) is 3.23. The molecule has 0 aliphatic carbocycles. The standard InChI is InChI=1S/C17H22BrN3O2S/c1-20(24(2,22)23)12-13-7-9-21(10-8-13)17-6-4-14-3-5-15(18)11-16(14)19-17/h3-6,11,13H,7-10,12H2,1-2H3. The van der Waals surface area contributed by atoms with Crippen molar-refractivity contribution in [2.75, 3.05) is 37.8 Å². The van der Waals surface area contributed by atoms with Crippen LogP contribution in [0.4, 0.5) is 5.82 Å². The van der Waals surface area contributed by atoms with Crippen LogP contribution in [-0.4, -0.2) is 50.6 Å². The highest BCUT2D eigenvalue weighted by Gasteiger charge is 2.23. The lowest BCUT2D eigenvalue weighted by molar-refractivity contribution is 0.328. The molecule has 2 heterocycles. The van der Waals surface area contributed by atoms with E-state index in [0.717, 1.165) is 47.1 Å². The quantitative estimate of drug-likeness (QED) is 0.775. The highest BCUT2D eigenvalue weighted by atomic mass is 79.9. The number of nitrogens with zero attached hydrogens (tertiary/aromatic N) is 3. The second-order valence-corrected chi connectivity index (χ2v) is 9.49. The third-order valence-corrected chi connectivity index (χ3v) is 6.43. The van der Waals surface area contributed by atoms with Gasteiger partial charge in [-0.25, -0.2) is 17.7 Å².